The highest BCUT2D eigenvalue weighted by Crippen LogP contribution is 2.27. The number of hydrogen-bond donors (Lipinski definition) is 1. The highest BCUT2D eigenvalue weighted by Gasteiger charge is 2.26. The number of nitrogens with zero attached hydrogens (tertiary/aromatic N) is 2. The molecule has 1 unspecified atom stereocenters. The summed E-state index contributed by atoms with van der Waals surface area (Å²) in [5.41, 5.74) is 1.65. The lowest BCUT2D eigenvalue weighted by atomic mass is 9.90. The van der Waals surface area contributed by atoms with Gasteiger partial charge in [0.1, 0.15) is 6.17 Å². The molecule has 18 heavy (non-hydrogen) atoms. The Morgan fingerprint density at radius 2 is 2.17 bits per heavy atom. The van der Waals surface area contributed by atoms with Crippen molar-refractivity contribution in [2.75, 3.05) is 13.1 Å². The van der Waals surface area contributed by atoms with Gasteiger partial charge in [-0.25, -0.2) is 4.39 Å². The molecule has 0 aromatic carbocycles. The lowest BCUT2D eigenvalue weighted by molar-refractivity contribution is 0.184. The van der Waals surface area contributed by atoms with E-state index < -0.39 is 6.17 Å². The minimum Gasteiger partial charge on any atom is -0.317 e. The van der Waals surface area contributed by atoms with Crippen LogP contribution in [-0.2, 0) is 13.0 Å². The molecule has 0 bridgehead atoms. The lowest BCUT2D eigenvalue weighted by Crippen LogP contribution is -2.33. The minimum atomic E-state index is -0.814. The average Bonchev–Trinajstić information content (AvgIpc) is 2.67. The molecule has 0 spiro atoms. The van der Waals surface area contributed by atoms with E-state index >= 15 is 0 Å². The zero-order valence-electron chi connectivity index (χ0n) is 11.0. The zero-order valence-corrected chi connectivity index (χ0v) is 11.8. The largest absolute Gasteiger partial charge is 0.317 e. The third-order valence-corrected chi connectivity index (χ3v) is 4.23. The van der Waals surface area contributed by atoms with Crippen LogP contribution in [0.4, 0.5) is 4.39 Å². The third kappa shape index (κ3) is 2.86. The van der Waals surface area contributed by atoms with Gasteiger partial charge in [-0.3, -0.25) is 4.68 Å². The summed E-state index contributed by atoms with van der Waals surface area (Å²) in [6.07, 6.45) is 1.40. The smallest absolute Gasteiger partial charge is 0.109 e. The van der Waals surface area contributed by atoms with Gasteiger partial charge < -0.3 is 5.32 Å². The quantitative estimate of drug-likeness (QED) is 0.914. The Bertz CT molecular complexity index is 399. The Hall–Kier alpha value is -0.610. The van der Waals surface area contributed by atoms with E-state index in [1.807, 2.05) is 18.5 Å². The van der Waals surface area contributed by atoms with Gasteiger partial charge in [0.2, 0.25) is 0 Å². The second-order valence-corrected chi connectivity index (χ2v) is 5.35. The molecule has 1 aromatic rings. The Morgan fingerprint density at radius 3 is 2.78 bits per heavy atom. The van der Waals surface area contributed by atoms with E-state index in [4.69, 9.17) is 11.6 Å². The fourth-order valence-corrected chi connectivity index (χ4v) is 2.83. The molecule has 0 saturated carbocycles. The maximum absolute atomic E-state index is 14.4. The topological polar surface area (TPSA) is 29.9 Å². The van der Waals surface area contributed by atoms with Crippen LogP contribution in [0, 0.1) is 12.8 Å². The van der Waals surface area contributed by atoms with Crippen molar-refractivity contribution in [1.82, 2.24) is 15.1 Å². The number of hydrogen-bond acceptors (Lipinski definition) is 2. The second kappa shape index (κ2) is 6.02. The molecule has 0 radical (unpaired) electrons. The van der Waals surface area contributed by atoms with E-state index in [9.17, 15) is 4.39 Å². The summed E-state index contributed by atoms with van der Waals surface area (Å²) in [6.45, 7) is 6.46. The molecule has 1 aliphatic heterocycles. The van der Waals surface area contributed by atoms with Gasteiger partial charge in [0.15, 0.2) is 0 Å². The number of nitrogens with one attached hydrogen (secondary N) is 1. The molecule has 0 amide bonds. The van der Waals surface area contributed by atoms with Gasteiger partial charge in [0, 0.05) is 13.0 Å². The predicted octanol–water partition coefficient (Wildman–Crippen LogP) is 2.75. The van der Waals surface area contributed by atoms with E-state index in [2.05, 4.69) is 10.4 Å². The van der Waals surface area contributed by atoms with Crippen LogP contribution in [0.1, 0.15) is 31.2 Å². The number of piperidine rings is 1. The highest BCUT2D eigenvalue weighted by atomic mass is 35.5. The molecular weight excluding hydrogens is 253 g/mol. The fourth-order valence-electron chi connectivity index (χ4n) is 2.62. The molecule has 2 rings (SSSR count). The molecule has 5 heteroatoms. The Balaban J connectivity index is 2.08. The summed E-state index contributed by atoms with van der Waals surface area (Å²) < 4.78 is 16.2. The highest BCUT2D eigenvalue weighted by molar-refractivity contribution is 6.31. The SMILES string of the molecule is CCn1nc(C)c(Cl)c1CC(F)C1CCNCC1. The van der Waals surface area contributed by atoms with Crippen molar-refractivity contribution in [2.24, 2.45) is 5.92 Å². The fraction of sp³-hybridized carbons (Fsp3) is 0.769. The van der Waals surface area contributed by atoms with Gasteiger partial charge in [-0.05, 0) is 45.7 Å². The maximum atomic E-state index is 14.4. The van der Waals surface area contributed by atoms with E-state index in [1.165, 1.54) is 0 Å². The van der Waals surface area contributed by atoms with Crippen LogP contribution in [0.25, 0.3) is 0 Å². The van der Waals surface area contributed by atoms with Crippen LogP contribution < -0.4 is 5.32 Å². The van der Waals surface area contributed by atoms with Crippen LogP contribution >= 0.6 is 11.6 Å². The first kappa shape index (κ1) is 13.8. The van der Waals surface area contributed by atoms with Crippen molar-refractivity contribution >= 4 is 11.6 Å². The number of aromatic nitrogens is 2. The van der Waals surface area contributed by atoms with Crippen LogP contribution in [0.2, 0.25) is 5.02 Å². The first-order chi connectivity index (χ1) is 8.63. The molecule has 1 aliphatic rings. The molecule has 1 N–H and O–H groups in total. The van der Waals surface area contributed by atoms with Crippen molar-refractivity contribution in [1.29, 1.82) is 0 Å². The zero-order chi connectivity index (χ0) is 13.1. The summed E-state index contributed by atoms with van der Waals surface area (Å²) in [6, 6.07) is 0. The molecule has 2 heterocycles. The van der Waals surface area contributed by atoms with Gasteiger partial charge >= 0.3 is 0 Å². The van der Waals surface area contributed by atoms with Crippen molar-refractivity contribution in [3.05, 3.63) is 16.4 Å². The molecule has 102 valence electrons. The minimum absolute atomic E-state index is 0.155. The van der Waals surface area contributed by atoms with Gasteiger partial charge in [-0.2, -0.15) is 5.10 Å². The molecule has 3 nitrogen and oxygen atoms in total. The Morgan fingerprint density at radius 1 is 1.50 bits per heavy atom. The predicted molar refractivity (Wildman–Crippen MR) is 71.8 cm³/mol. The van der Waals surface area contributed by atoms with Crippen molar-refractivity contribution in [2.45, 2.75) is 45.8 Å². The molecule has 1 fully saturated rings. The number of halogens is 2. The average molecular weight is 274 g/mol. The lowest BCUT2D eigenvalue weighted by Gasteiger charge is -2.25. The third-order valence-electron chi connectivity index (χ3n) is 3.74. The Kier molecular flexibility index (Phi) is 4.62. The van der Waals surface area contributed by atoms with E-state index in [0.717, 1.165) is 43.9 Å². The standard InChI is InChI=1S/C13H21ClFN3/c1-3-18-12(13(14)9(2)17-18)8-11(15)10-4-6-16-7-5-10/h10-11,16H,3-8H2,1-2H3. The maximum Gasteiger partial charge on any atom is 0.109 e. The molecule has 1 atom stereocenters. The summed E-state index contributed by atoms with van der Waals surface area (Å²) in [7, 11) is 0. The first-order valence-electron chi connectivity index (χ1n) is 6.70. The van der Waals surface area contributed by atoms with Crippen molar-refractivity contribution in [3.8, 4) is 0 Å². The van der Waals surface area contributed by atoms with Gasteiger partial charge in [-0.15, -0.1) is 0 Å². The molecule has 0 aliphatic carbocycles. The number of aryl methyl sites for hydroxylation is 2. The van der Waals surface area contributed by atoms with E-state index in [1.54, 1.807) is 0 Å². The van der Waals surface area contributed by atoms with Crippen LogP contribution in [0.3, 0.4) is 0 Å². The van der Waals surface area contributed by atoms with Crippen LogP contribution in [-0.4, -0.2) is 29.0 Å². The number of rotatable bonds is 4. The van der Waals surface area contributed by atoms with Crippen molar-refractivity contribution in [3.63, 3.8) is 0 Å². The summed E-state index contributed by atoms with van der Waals surface area (Å²) in [4.78, 5) is 0. The van der Waals surface area contributed by atoms with E-state index in [0.29, 0.717) is 11.4 Å². The normalized spacial score (nSPS) is 19.1. The molecular formula is C13H21ClFN3. The summed E-state index contributed by atoms with van der Waals surface area (Å²) in [5, 5.41) is 8.23. The second-order valence-electron chi connectivity index (χ2n) is 4.97. The van der Waals surface area contributed by atoms with Gasteiger partial charge in [0.05, 0.1) is 16.4 Å². The molecule has 1 saturated heterocycles. The Labute approximate surface area is 113 Å². The summed E-state index contributed by atoms with van der Waals surface area (Å²) >= 11 is 6.21. The van der Waals surface area contributed by atoms with E-state index in [-0.39, 0.29) is 5.92 Å². The first-order valence-corrected chi connectivity index (χ1v) is 7.07. The van der Waals surface area contributed by atoms with Gasteiger partial charge in [-0.1, -0.05) is 11.6 Å². The van der Waals surface area contributed by atoms with Gasteiger partial charge in [0.25, 0.3) is 0 Å². The van der Waals surface area contributed by atoms with Crippen molar-refractivity contribution < 1.29 is 4.39 Å². The van der Waals surface area contributed by atoms with Crippen LogP contribution in [0.15, 0.2) is 0 Å². The van der Waals surface area contributed by atoms with Crippen LogP contribution in [0.5, 0.6) is 0 Å². The number of alkyl halides is 1. The summed E-state index contributed by atoms with van der Waals surface area (Å²) in [5.74, 6) is 0.155. The molecule has 1 aromatic heterocycles. The monoisotopic (exact) mass is 273 g/mol.